The summed E-state index contributed by atoms with van der Waals surface area (Å²) in [5.74, 6) is 0.195. The first kappa shape index (κ1) is 14.5. The molecule has 0 amide bonds. The number of rotatable bonds is 5. The minimum absolute atomic E-state index is 0.195. The van der Waals surface area contributed by atoms with E-state index >= 15 is 0 Å². The minimum atomic E-state index is 0.195. The predicted octanol–water partition coefficient (Wildman–Crippen LogP) is 3.71. The molecule has 0 unspecified atom stereocenters. The van der Waals surface area contributed by atoms with E-state index in [9.17, 15) is 4.79 Å². The van der Waals surface area contributed by atoms with Gasteiger partial charge in [0.05, 0.1) is 5.69 Å². The van der Waals surface area contributed by atoms with Crippen LogP contribution in [0.25, 0.3) is 11.1 Å². The Bertz CT molecular complexity index is 609. The van der Waals surface area contributed by atoms with Crippen molar-refractivity contribution in [1.29, 1.82) is 0 Å². The summed E-state index contributed by atoms with van der Waals surface area (Å²) < 4.78 is 2.08. The Morgan fingerprint density at radius 2 is 1.85 bits per heavy atom. The molecule has 0 saturated carbocycles. The fourth-order valence-electron chi connectivity index (χ4n) is 2.62. The Balaban J connectivity index is 2.34. The van der Waals surface area contributed by atoms with Crippen LogP contribution in [-0.2, 0) is 17.8 Å². The molecule has 0 N–H and O–H groups in total. The first-order chi connectivity index (χ1) is 9.52. The van der Waals surface area contributed by atoms with Crippen LogP contribution in [0.15, 0.2) is 24.3 Å². The molecule has 1 heterocycles. The van der Waals surface area contributed by atoms with Crippen molar-refractivity contribution >= 4 is 5.78 Å². The largest absolute Gasteiger partial charge is 0.300 e. The second kappa shape index (κ2) is 6.04. The summed E-state index contributed by atoms with van der Waals surface area (Å²) in [5.41, 5.74) is 5.74. The summed E-state index contributed by atoms with van der Waals surface area (Å²) >= 11 is 0. The number of carbonyl (C=O) groups excluding carboxylic acids is 1. The monoisotopic (exact) mass is 270 g/mol. The number of carbonyl (C=O) groups is 1. The number of hydrogen-bond donors (Lipinski definition) is 0. The first-order valence-electron chi connectivity index (χ1n) is 7.15. The molecule has 2 rings (SSSR count). The van der Waals surface area contributed by atoms with Crippen LogP contribution in [0.4, 0.5) is 0 Å². The predicted molar refractivity (Wildman–Crippen MR) is 81.8 cm³/mol. The number of ketones is 1. The molecule has 1 aromatic carbocycles. The SMILES string of the molecule is CCCn1nc(C)c(-c2ccc(CC(C)=O)cc2)c1C. The van der Waals surface area contributed by atoms with Crippen molar-refractivity contribution in [3.63, 3.8) is 0 Å². The van der Waals surface area contributed by atoms with Crippen LogP contribution in [0.1, 0.15) is 37.2 Å². The highest BCUT2D eigenvalue weighted by Crippen LogP contribution is 2.27. The van der Waals surface area contributed by atoms with Crippen LogP contribution in [0.3, 0.4) is 0 Å². The summed E-state index contributed by atoms with van der Waals surface area (Å²) in [6, 6.07) is 8.25. The fraction of sp³-hybridized carbons (Fsp3) is 0.412. The minimum Gasteiger partial charge on any atom is -0.300 e. The molecule has 0 saturated heterocycles. The highest BCUT2D eigenvalue weighted by atomic mass is 16.1. The lowest BCUT2D eigenvalue weighted by molar-refractivity contribution is -0.116. The topological polar surface area (TPSA) is 34.9 Å². The molecule has 106 valence electrons. The molecule has 0 radical (unpaired) electrons. The Hall–Kier alpha value is -1.90. The molecule has 3 nitrogen and oxygen atoms in total. The second-order valence-corrected chi connectivity index (χ2v) is 5.34. The van der Waals surface area contributed by atoms with Gasteiger partial charge in [-0.25, -0.2) is 0 Å². The highest BCUT2D eigenvalue weighted by molar-refractivity contribution is 5.78. The Morgan fingerprint density at radius 3 is 2.40 bits per heavy atom. The zero-order valence-electron chi connectivity index (χ0n) is 12.7. The van der Waals surface area contributed by atoms with E-state index in [0.29, 0.717) is 6.42 Å². The van der Waals surface area contributed by atoms with Crippen molar-refractivity contribution in [2.24, 2.45) is 0 Å². The van der Waals surface area contributed by atoms with Gasteiger partial charge in [0.15, 0.2) is 0 Å². The summed E-state index contributed by atoms with van der Waals surface area (Å²) in [5, 5.41) is 4.61. The lowest BCUT2D eigenvalue weighted by Gasteiger charge is -2.05. The average Bonchev–Trinajstić information content (AvgIpc) is 2.66. The molecule has 20 heavy (non-hydrogen) atoms. The molecule has 0 aliphatic carbocycles. The molecule has 0 aliphatic rings. The van der Waals surface area contributed by atoms with E-state index in [4.69, 9.17) is 0 Å². The van der Waals surface area contributed by atoms with Gasteiger partial charge in [-0.2, -0.15) is 5.10 Å². The van der Waals surface area contributed by atoms with E-state index in [-0.39, 0.29) is 5.78 Å². The maximum Gasteiger partial charge on any atom is 0.134 e. The number of benzene rings is 1. The maximum atomic E-state index is 11.1. The van der Waals surface area contributed by atoms with Gasteiger partial charge in [-0.1, -0.05) is 31.2 Å². The number of nitrogens with zero attached hydrogens (tertiary/aromatic N) is 2. The summed E-state index contributed by atoms with van der Waals surface area (Å²) in [4.78, 5) is 11.1. The van der Waals surface area contributed by atoms with Crippen molar-refractivity contribution in [2.75, 3.05) is 0 Å². The number of aromatic nitrogens is 2. The summed E-state index contributed by atoms with van der Waals surface area (Å²) in [6.07, 6.45) is 1.59. The number of Topliss-reactive ketones (excluding diaryl/α,β-unsaturated/α-hetero) is 1. The fourth-order valence-corrected chi connectivity index (χ4v) is 2.62. The van der Waals surface area contributed by atoms with Gasteiger partial charge in [-0.15, -0.1) is 0 Å². The third-order valence-corrected chi connectivity index (χ3v) is 3.51. The third kappa shape index (κ3) is 2.98. The Kier molecular flexibility index (Phi) is 4.38. The Morgan fingerprint density at radius 1 is 1.20 bits per heavy atom. The van der Waals surface area contributed by atoms with Gasteiger partial charge in [-0.05, 0) is 38.3 Å². The van der Waals surface area contributed by atoms with Crippen molar-refractivity contribution in [1.82, 2.24) is 9.78 Å². The number of aryl methyl sites for hydroxylation is 2. The van der Waals surface area contributed by atoms with E-state index in [1.807, 2.05) is 12.1 Å². The molecule has 3 heteroatoms. The molecule has 0 fully saturated rings. The van der Waals surface area contributed by atoms with Crippen molar-refractivity contribution in [3.8, 4) is 11.1 Å². The van der Waals surface area contributed by atoms with Crippen LogP contribution in [0.2, 0.25) is 0 Å². The second-order valence-electron chi connectivity index (χ2n) is 5.34. The van der Waals surface area contributed by atoms with Crippen LogP contribution in [0, 0.1) is 13.8 Å². The molecule has 0 atom stereocenters. The third-order valence-electron chi connectivity index (χ3n) is 3.51. The standard InChI is InChI=1S/C17H22N2O/c1-5-10-19-14(4)17(13(3)18-19)16-8-6-15(7-9-16)11-12(2)20/h6-9H,5,10-11H2,1-4H3. The maximum absolute atomic E-state index is 11.1. The highest BCUT2D eigenvalue weighted by Gasteiger charge is 2.12. The lowest BCUT2D eigenvalue weighted by Crippen LogP contribution is -2.01. The van der Waals surface area contributed by atoms with Gasteiger partial charge in [0.1, 0.15) is 5.78 Å². The number of hydrogen-bond acceptors (Lipinski definition) is 2. The van der Waals surface area contributed by atoms with Crippen LogP contribution >= 0.6 is 0 Å². The van der Waals surface area contributed by atoms with Crippen molar-refractivity contribution in [3.05, 3.63) is 41.2 Å². The molecular weight excluding hydrogens is 248 g/mol. The molecule has 0 spiro atoms. The van der Waals surface area contributed by atoms with Crippen LogP contribution in [0.5, 0.6) is 0 Å². The van der Waals surface area contributed by atoms with E-state index in [2.05, 4.69) is 42.7 Å². The molecule has 2 aromatic rings. The summed E-state index contributed by atoms with van der Waals surface area (Å²) in [7, 11) is 0. The van der Waals surface area contributed by atoms with E-state index in [0.717, 1.165) is 24.2 Å². The van der Waals surface area contributed by atoms with Gasteiger partial charge >= 0.3 is 0 Å². The summed E-state index contributed by atoms with van der Waals surface area (Å²) in [6.45, 7) is 8.91. The van der Waals surface area contributed by atoms with Gasteiger partial charge in [0.25, 0.3) is 0 Å². The Labute approximate surface area is 120 Å². The van der Waals surface area contributed by atoms with Crippen LogP contribution < -0.4 is 0 Å². The molecule has 1 aromatic heterocycles. The van der Waals surface area contributed by atoms with Gasteiger partial charge in [0.2, 0.25) is 0 Å². The van der Waals surface area contributed by atoms with Crippen molar-refractivity contribution in [2.45, 2.75) is 47.1 Å². The quantitative estimate of drug-likeness (QED) is 0.830. The zero-order chi connectivity index (χ0) is 14.7. The van der Waals surface area contributed by atoms with Crippen LogP contribution in [-0.4, -0.2) is 15.6 Å². The first-order valence-corrected chi connectivity index (χ1v) is 7.15. The van der Waals surface area contributed by atoms with Gasteiger partial charge in [0, 0.05) is 24.2 Å². The van der Waals surface area contributed by atoms with E-state index in [1.54, 1.807) is 6.92 Å². The molecular formula is C17H22N2O. The molecule has 0 aliphatic heterocycles. The van der Waals surface area contributed by atoms with E-state index < -0.39 is 0 Å². The van der Waals surface area contributed by atoms with E-state index in [1.165, 1.54) is 16.8 Å². The molecule has 0 bridgehead atoms. The average molecular weight is 270 g/mol. The van der Waals surface area contributed by atoms with Crippen molar-refractivity contribution < 1.29 is 4.79 Å². The smallest absolute Gasteiger partial charge is 0.134 e. The van der Waals surface area contributed by atoms with Gasteiger partial charge in [-0.3, -0.25) is 9.48 Å². The normalized spacial score (nSPS) is 10.8. The zero-order valence-corrected chi connectivity index (χ0v) is 12.7. The lowest BCUT2D eigenvalue weighted by atomic mass is 10.0. The van der Waals surface area contributed by atoms with Gasteiger partial charge < -0.3 is 0 Å².